The molecule has 1 aromatic carbocycles. The number of hydrogen-bond donors (Lipinski definition) is 2. The van der Waals surface area contributed by atoms with E-state index in [1.807, 2.05) is 0 Å². The first-order valence-electron chi connectivity index (χ1n) is 5.26. The smallest absolute Gasteiger partial charge is 0.322 e. The quantitative estimate of drug-likeness (QED) is 0.747. The van der Waals surface area contributed by atoms with Crippen molar-refractivity contribution in [2.24, 2.45) is 5.73 Å². The van der Waals surface area contributed by atoms with E-state index in [0.717, 1.165) is 0 Å². The monoisotopic (exact) mass is 255 g/mol. The number of carbonyl (C=O) groups excluding carboxylic acids is 1. The van der Waals surface area contributed by atoms with Crippen molar-refractivity contribution in [2.75, 3.05) is 7.11 Å². The summed E-state index contributed by atoms with van der Waals surface area (Å²) in [7, 11) is 1.22. The highest BCUT2D eigenvalue weighted by Gasteiger charge is 2.15. The molecule has 0 radical (unpaired) electrons. The van der Waals surface area contributed by atoms with Crippen LogP contribution in [0.15, 0.2) is 18.2 Å². The molecule has 0 saturated heterocycles. The van der Waals surface area contributed by atoms with E-state index in [4.69, 9.17) is 10.8 Å². The van der Waals surface area contributed by atoms with Gasteiger partial charge in [0.2, 0.25) is 0 Å². The fourth-order valence-electron chi connectivity index (χ4n) is 1.51. The Hall–Kier alpha value is -1.95. The minimum absolute atomic E-state index is 0.0953. The van der Waals surface area contributed by atoms with E-state index in [1.165, 1.54) is 19.2 Å². The minimum atomic E-state index is -1.10. The van der Waals surface area contributed by atoms with Gasteiger partial charge in [-0.3, -0.25) is 9.59 Å². The molecule has 0 spiro atoms. The Morgan fingerprint density at radius 3 is 2.67 bits per heavy atom. The summed E-state index contributed by atoms with van der Waals surface area (Å²) in [6.45, 7) is 0. The van der Waals surface area contributed by atoms with Crippen LogP contribution >= 0.6 is 0 Å². The van der Waals surface area contributed by atoms with Gasteiger partial charge in [-0.15, -0.1) is 0 Å². The molecule has 0 aromatic heterocycles. The van der Waals surface area contributed by atoms with E-state index < -0.39 is 23.8 Å². The van der Waals surface area contributed by atoms with Crippen LogP contribution in [0.25, 0.3) is 0 Å². The molecule has 0 fully saturated rings. The minimum Gasteiger partial charge on any atom is -0.481 e. The maximum Gasteiger partial charge on any atom is 0.322 e. The molecule has 98 valence electrons. The Labute approximate surface area is 103 Å². The summed E-state index contributed by atoms with van der Waals surface area (Å²) in [5.41, 5.74) is 6.15. The van der Waals surface area contributed by atoms with Crippen LogP contribution in [0.3, 0.4) is 0 Å². The number of carboxylic acid groups (broad SMARTS) is 1. The van der Waals surface area contributed by atoms with Crippen LogP contribution in [0, 0.1) is 5.82 Å². The normalized spacial score (nSPS) is 11.9. The lowest BCUT2D eigenvalue weighted by Crippen LogP contribution is -2.33. The van der Waals surface area contributed by atoms with Crippen LogP contribution in [0.2, 0.25) is 0 Å². The summed E-state index contributed by atoms with van der Waals surface area (Å²) in [5.74, 6) is -2.30. The molecule has 1 atom stereocenters. The molecule has 0 aliphatic heterocycles. The third kappa shape index (κ3) is 3.81. The summed E-state index contributed by atoms with van der Waals surface area (Å²) in [5, 5.41) is 8.56. The van der Waals surface area contributed by atoms with Gasteiger partial charge in [0.05, 0.1) is 13.5 Å². The molecule has 1 aromatic rings. The number of benzene rings is 1. The van der Waals surface area contributed by atoms with Crippen LogP contribution in [-0.2, 0) is 27.2 Å². The Kier molecular flexibility index (Phi) is 4.79. The van der Waals surface area contributed by atoms with E-state index in [2.05, 4.69) is 4.74 Å². The first-order chi connectivity index (χ1) is 8.43. The largest absolute Gasteiger partial charge is 0.481 e. The van der Waals surface area contributed by atoms with Gasteiger partial charge >= 0.3 is 11.9 Å². The van der Waals surface area contributed by atoms with Crippen LogP contribution < -0.4 is 5.73 Å². The number of methoxy groups -OCH3 is 1. The Morgan fingerprint density at radius 2 is 2.17 bits per heavy atom. The molecule has 0 aliphatic rings. The van der Waals surface area contributed by atoms with Crippen molar-refractivity contribution in [1.29, 1.82) is 0 Å². The van der Waals surface area contributed by atoms with Crippen LogP contribution in [0.5, 0.6) is 0 Å². The molecule has 3 N–H and O–H groups in total. The molecule has 6 heteroatoms. The van der Waals surface area contributed by atoms with Gasteiger partial charge < -0.3 is 15.6 Å². The molecule has 1 rings (SSSR count). The zero-order valence-electron chi connectivity index (χ0n) is 9.85. The van der Waals surface area contributed by atoms with Gasteiger partial charge in [-0.25, -0.2) is 4.39 Å². The number of hydrogen-bond acceptors (Lipinski definition) is 4. The van der Waals surface area contributed by atoms with Crippen LogP contribution in [0.4, 0.5) is 4.39 Å². The number of carboxylic acids is 1. The van der Waals surface area contributed by atoms with E-state index in [-0.39, 0.29) is 18.4 Å². The predicted octanol–water partition coefficient (Wildman–Crippen LogP) is 0.496. The average molecular weight is 255 g/mol. The van der Waals surface area contributed by atoms with Crippen LogP contribution in [0.1, 0.15) is 11.1 Å². The van der Waals surface area contributed by atoms with Gasteiger partial charge in [-0.1, -0.05) is 12.1 Å². The summed E-state index contributed by atoms with van der Waals surface area (Å²) in [6, 6.07) is 3.24. The number of aliphatic carboxylic acids is 1. The molecule has 18 heavy (non-hydrogen) atoms. The second kappa shape index (κ2) is 6.11. The lowest BCUT2D eigenvalue weighted by atomic mass is 10.0. The van der Waals surface area contributed by atoms with Crippen molar-refractivity contribution in [3.8, 4) is 0 Å². The fourth-order valence-corrected chi connectivity index (χ4v) is 1.51. The standard InChI is InChI=1S/C12H14FNO4/c1-18-12(17)10(14)5-7-2-3-8(6-11(15)16)9(13)4-7/h2-4,10H,5-6,14H2,1H3,(H,15,16)/t10-/m0/s1. The molecule has 5 nitrogen and oxygen atoms in total. The number of esters is 1. The summed E-state index contributed by atoms with van der Waals surface area (Å²) in [6.07, 6.45) is -0.244. The van der Waals surface area contributed by atoms with E-state index in [0.29, 0.717) is 5.56 Å². The van der Waals surface area contributed by atoms with E-state index in [9.17, 15) is 14.0 Å². The topological polar surface area (TPSA) is 89.6 Å². The Bertz CT molecular complexity index is 461. The van der Waals surface area contributed by atoms with E-state index in [1.54, 1.807) is 6.07 Å². The zero-order valence-corrected chi connectivity index (χ0v) is 9.85. The van der Waals surface area contributed by atoms with Crippen molar-refractivity contribution in [1.82, 2.24) is 0 Å². The molecule has 0 unspecified atom stereocenters. The third-order valence-electron chi connectivity index (χ3n) is 2.42. The molecular formula is C12H14FNO4. The summed E-state index contributed by atoms with van der Waals surface area (Å²) < 4.78 is 18.0. The van der Waals surface area contributed by atoms with Crippen molar-refractivity contribution < 1.29 is 23.8 Å². The third-order valence-corrected chi connectivity index (χ3v) is 2.42. The molecular weight excluding hydrogens is 241 g/mol. The second-order valence-corrected chi connectivity index (χ2v) is 3.83. The van der Waals surface area contributed by atoms with Crippen molar-refractivity contribution >= 4 is 11.9 Å². The number of rotatable bonds is 5. The Balaban J connectivity index is 2.78. The van der Waals surface area contributed by atoms with Crippen molar-refractivity contribution in [3.63, 3.8) is 0 Å². The van der Waals surface area contributed by atoms with Gasteiger partial charge in [0.25, 0.3) is 0 Å². The molecule has 0 bridgehead atoms. The lowest BCUT2D eigenvalue weighted by molar-refractivity contribution is -0.142. The van der Waals surface area contributed by atoms with Gasteiger partial charge in [-0.05, 0) is 23.6 Å². The fraction of sp³-hybridized carbons (Fsp3) is 0.333. The maximum absolute atomic E-state index is 13.5. The Morgan fingerprint density at radius 1 is 1.50 bits per heavy atom. The summed E-state index contributed by atoms with van der Waals surface area (Å²) in [4.78, 5) is 21.6. The SMILES string of the molecule is COC(=O)[C@@H](N)Cc1ccc(CC(=O)O)c(F)c1. The highest BCUT2D eigenvalue weighted by Crippen LogP contribution is 2.13. The summed E-state index contributed by atoms with van der Waals surface area (Å²) >= 11 is 0. The van der Waals surface area contributed by atoms with Gasteiger partial charge in [0.15, 0.2) is 0 Å². The van der Waals surface area contributed by atoms with Gasteiger partial charge in [0.1, 0.15) is 11.9 Å². The highest BCUT2D eigenvalue weighted by atomic mass is 19.1. The molecule has 0 amide bonds. The first kappa shape index (κ1) is 14.1. The number of ether oxygens (including phenoxy) is 1. The number of halogens is 1. The predicted molar refractivity (Wildman–Crippen MR) is 61.4 cm³/mol. The lowest BCUT2D eigenvalue weighted by Gasteiger charge is -2.10. The number of carbonyl (C=O) groups is 2. The second-order valence-electron chi connectivity index (χ2n) is 3.83. The molecule has 0 saturated carbocycles. The van der Waals surface area contributed by atoms with Crippen molar-refractivity contribution in [2.45, 2.75) is 18.9 Å². The molecule has 0 aliphatic carbocycles. The highest BCUT2D eigenvalue weighted by molar-refractivity contribution is 5.75. The van der Waals surface area contributed by atoms with Gasteiger partial charge in [0, 0.05) is 0 Å². The molecule has 0 heterocycles. The average Bonchev–Trinajstić information content (AvgIpc) is 2.31. The number of nitrogens with two attached hydrogens (primary N) is 1. The first-order valence-corrected chi connectivity index (χ1v) is 5.26. The van der Waals surface area contributed by atoms with Crippen LogP contribution in [-0.4, -0.2) is 30.2 Å². The van der Waals surface area contributed by atoms with Crippen molar-refractivity contribution in [3.05, 3.63) is 35.1 Å². The van der Waals surface area contributed by atoms with Gasteiger partial charge in [-0.2, -0.15) is 0 Å². The maximum atomic E-state index is 13.5. The zero-order chi connectivity index (χ0) is 13.7. The van der Waals surface area contributed by atoms with E-state index >= 15 is 0 Å².